The van der Waals surface area contributed by atoms with E-state index in [0.717, 1.165) is 11.4 Å². The zero-order chi connectivity index (χ0) is 13.1. The molecule has 0 spiro atoms. The molecule has 0 atom stereocenters. The Kier molecular flexibility index (Phi) is 3.63. The molecule has 0 bridgehead atoms. The van der Waals surface area contributed by atoms with Crippen LogP contribution >= 0.6 is 0 Å². The second kappa shape index (κ2) is 5.19. The third kappa shape index (κ3) is 2.51. The fraction of sp³-hybridized carbons (Fsp3) is 0.200. The second-order valence-corrected chi connectivity index (χ2v) is 4.37. The maximum Gasteiger partial charge on any atom is 0.129 e. The number of nitrogens with two attached hydrogens (primary N) is 1. The van der Waals surface area contributed by atoms with E-state index in [4.69, 9.17) is 5.73 Å². The van der Waals surface area contributed by atoms with Gasteiger partial charge < -0.3 is 10.6 Å². The van der Waals surface area contributed by atoms with Crippen molar-refractivity contribution in [1.29, 1.82) is 0 Å². The number of rotatable bonds is 3. The molecule has 2 nitrogen and oxygen atoms in total. The molecule has 2 aromatic carbocycles. The fourth-order valence-corrected chi connectivity index (χ4v) is 1.83. The summed E-state index contributed by atoms with van der Waals surface area (Å²) >= 11 is 0. The zero-order valence-electron chi connectivity index (χ0n) is 10.7. The summed E-state index contributed by atoms with van der Waals surface area (Å²) in [6.45, 7) is 2.26. The highest BCUT2D eigenvalue weighted by molar-refractivity contribution is 5.63. The molecule has 0 fully saturated rings. The molecule has 2 N–H and O–H groups in total. The van der Waals surface area contributed by atoms with Gasteiger partial charge in [-0.05, 0) is 31.2 Å². The Hall–Kier alpha value is -1.87. The van der Waals surface area contributed by atoms with Crippen molar-refractivity contribution in [3.63, 3.8) is 0 Å². The van der Waals surface area contributed by atoms with E-state index in [1.54, 1.807) is 6.07 Å². The van der Waals surface area contributed by atoms with Crippen molar-refractivity contribution in [3.05, 3.63) is 59.4 Å². The Morgan fingerprint density at radius 2 is 1.67 bits per heavy atom. The molecule has 0 saturated heterocycles. The van der Waals surface area contributed by atoms with Gasteiger partial charge in [0.15, 0.2) is 0 Å². The quantitative estimate of drug-likeness (QED) is 0.897. The molecular weight excluding hydrogens is 227 g/mol. The third-order valence-corrected chi connectivity index (χ3v) is 3.07. The van der Waals surface area contributed by atoms with Crippen molar-refractivity contribution >= 4 is 11.4 Å². The van der Waals surface area contributed by atoms with E-state index in [-0.39, 0.29) is 12.4 Å². The van der Waals surface area contributed by atoms with Crippen molar-refractivity contribution < 1.29 is 4.39 Å². The average molecular weight is 244 g/mol. The predicted molar refractivity (Wildman–Crippen MR) is 73.5 cm³/mol. The van der Waals surface area contributed by atoms with E-state index >= 15 is 0 Å². The maximum absolute atomic E-state index is 13.7. The van der Waals surface area contributed by atoms with Crippen LogP contribution < -0.4 is 10.6 Å². The minimum absolute atomic E-state index is 0.223. The first-order valence-electron chi connectivity index (χ1n) is 5.90. The van der Waals surface area contributed by atoms with Gasteiger partial charge in [-0.15, -0.1) is 0 Å². The van der Waals surface area contributed by atoms with Crippen LogP contribution in [0.25, 0.3) is 0 Å². The van der Waals surface area contributed by atoms with Crippen molar-refractivity contribution in [1.82, 2.24) is 0 Å². The van der Waals surface area contributed by atoms with Gasteiger partial charge in [0, 0.05) is 30.5 Å². The molecule has 2 aromatic rings. The SMILES string of the molecule is Cc1ccc(N(C)c2ccc(CN)c(F)c2)cc1. The van der Waals surface area contributed by atoms with Crippen molar-refractivity contribution in [3.8, 4) is 0 Å². The molecule has 0 aliphatic heterocycles. The van der Waals surface area contributed by atoms with Gasteiger partial charge in [-0.2, -0.15) is 0 Å². The number of aryl methyl sites for hydroxylation is 1. The van der Waals surface area contributed by atoms with Crippen LogP contribution in [0.4, 0.5) is 15.8 Å². The second-order valence-electron chi connectivity index (χ2n) is 4.37. The molecule has 0 heterocycles. The van der Waals surface area contributed by atoms with E-state index in [1.165, 1.54) is 11.6 Å². The molecule has 0 radical (unpaired) electrons. The topological polar surface area (TPSA) is 29.3 Å². The number of hydrogen-bond acceptors (Lipinski definition) is 2. The first-order chi connectivity index (χ1) is 8.61. The number of hydrogen-bond donors (Lipinski definition) is 1. The molecule has 0 aromatic heterocycles. The van der Waals surface area contributed by atoms with Crippen LogP contribution in [0.1, 0.15) is 11.1 Å². The molecule has 18 heavy (non-hydrogen) atoms. The highest BCUT2D eigenvalue weighted by atomic mass is 19.1. The lowest BCUT2D eigenvalue weighted by atomic mass is 10.1. The summed E-state index contributed by atoms with van der Waals surface area (Å²) in [4.78, 5) is 1.95. The van der Waals surface area contributed by atoms with Gasteiger partial charge in [0.05, 0.1) is 0 Å². The van der Waals surface area contributed by atoms with E-state index in [9.17, 15) is 4.39 Å². The van der Waals surface area contributed by atoms with Crippen LogP contribution in [0.2, 0.25) is 0 Å². The molecule has 94 valence electrons. The molecule has 0 amide bonds. The van der Waals surface area contributed by atoms with Gasteiger partial charge in [-0.1, -0.05) is 23.8 Å². The number of anilines is 2. The normalized spacial score (nSPS) is 10.4. The van der Waals surface area contributed by atoms with Gasteiger partial charge in [0.2, 0.25) is 0 Å². The molecule has 0 saturated carbocycles. The zero-order valence-corrected chi connectivity index (χ0v) is 10.7. The maximum atomic E-state index is 13.7. The van der Waals surface area contributed by atoms with Crippen molar-refractivity contribution in [2.75, 3.05) is 11.9 Å². The molecule has 0 unspecified atom stereocenters. The third-order valence-electron chi connectivity index (χ3n) is 3.07. The van der Waals surface area contributed by atoms with Crippen LogP contribution in [0.15, 0.2) is 42.5 Å². The molecule has 0 aliphatic rings. The van der Waals surface area contributed by atoms with Crippen molar-refractivity contribution in [2.45, 2.75) is 13.5 Å². The average Bonchev–Trinajstić information content (AvgIpc) is 2.38. The number of nitrogens with zero attached hydrogens (tertiary/aromatic N) is 1. The number of halogens is 1. The predicted octanol–water partition coefficient (Wildman–Crippen LogP) is 3.36. The summed E-state index contributed by atoms with van der Waals surface area (Å²) in [5.41, 5.74) is 9.04. The van der Waals surface area contributed by atoms with Gasteiger partial charge in [-0.25, -0.2) is 4.39 Å². The molecule has 3 heteroatoms. The minimum atomic E-state index is -0.256. The van der Waals surface area contributed by atoms with Crippen LogP contribution in [0.5, 0.6) is 0 Å². The standard InChI is InChI=1S/C15H17FN2/c1-11-3-6-13(7-4-11)18(2)14-8-5-12(10-17)15(16)9-14/h3-9H,10,17H2,1-2H3. The van der Waals surface area contributed by atoms with E-state index in [0.29, 0.717) is 5.56 Å². The number of benzene rings is 2. The lowest BCUT2D eigenvalue weighted by Gasteiger charge is -2.20. The highest BCUT2D eigenvalue weighted by Crippen LogP contribution is 2.25. The summed E-state index contributed by atoms with van der Waals surface area (Å²) in [6.07, 6.45) is 0. The lowest BCUT2D eigenvalue weighted by Crippen LogP contribution is -2.10. The smallest absolute Gasteiger partial charge is 0.129 e. The summed E-state index contributed by atoms with van der Waals surface area (Å²) in [5, 5.41) is 0. The first kappa shape index (κ1) is 12.6. The van der Waals surface area contributed by atoms with Gasteiger partial charge in [-0.3, -0.25) is 0 Å². The van der Waals surface area contributed by atoms with E-state index in [2.05, 4.69) is 0 Å². The summed E-state index contributed by atoms with van der Waals surface area (Å²) in [5.74, 6) is -0.256. The monoisotopic (exact) mass is 244 g/mol. The van der Waals surface area contributed by atoms with Gasteiger partial charge in [0.1, 0.15) is 5.82 Å². The molecule has 0 aliphatic carbocycles. The first-order valence-corrected chi connectivity index (χ1v) is 5.90. The van der Waals surface area contributed by atoms with Crippen molar-refractivity contribution in [2.24, 2.45) is 5.73 Å². The Labute approximate surface area is 107 Å². The van der Waals surface area contributed by atoms with Gasteiger partial charge >= 0.3 is 0 Å². The van der Waals surface area contributed by atoms with Crippen LogP contribution in [0.3, 0.4) is 0 Å². The van der Waals surface area contributed by atoms with Crippen LogP contribution in [-0.4, -0.2) is 7.05 Å². The Morgan fingerprint density at radius 1 is 1.06 bits per heavy atom. The Bertz CT molecular complexity index is 535. The largest absolute Gasteiger partial charge is 0.345 e. The fourth-order valence-electron chi connectivity index (χ4n) is 1.83. The molecular formula is C15H17FN2. The molecule has 2 rings (SSSR count). The highest BCUT2D eigenvalue weighted by Gasteiger charge is 2.07. The van der Waals surface area contributed by atoms with E-state index < -0.39 is 0 Å². The lowest BCUT2D eigenvalue weighted by molar-refractivity contribution is 0.610. The van der Waals surface area contributed by atoms with Crippen LogP contribution in [-0.2, 0) is 6.54 Å². The van der Waals surface area contributed by atoms with Crippen LogP contribution in [0, 0.1) is 12.7 Å². The Balaban J connectivity index is 2.31. The summed E-state index contributed by atoms with van der Waals surface area (Å²) in [6, 6.07) is 13.2. The Morgan fingerprint density at radius 3 is 2.22 bits per heavy atom. The summed E-state index contributed by atoms with van der Waals surface area (Å²) < 4.78 is 13.7. The minimum Gasteiger partial charge on any atom is -0.345 e. The summed E-state index contributed by atoms with van der Waals surface area (Å²) in [7, 11) is 1.92. The van der Waals surface area contributed by atoms with Gasteiger partial charge in [0.25, 0.3) is 0 Å². The van der Waals surface area contributed by atoms with E-state index in [1.807, 2.05) is 49.2 Å².